The molecule has 0 unspecified atom stereocenters. The Bertz CT molecular complexity index is 14.2. The molecule has 0 rings (SSSR count). The zero-order valence-electron chi connectivity index (χ0n) is 6.46. The molecule has 0 aromatic heterocycles. The van der Waals surface area contributed by atoms with Crippen LogP contribution in [0.5, 0.6) is 0 Å². The first-order chi connectivity index (χ1) is 3.91. The van der Waals surface area contributed by atoms with Gasteiger partial charge >= 0.3 is 0 Å². The minimum atomic E-state index is 0. The molecule has 0 fully saturated rings. The molecule has 9 heavy (non-hydrogen) atoms. The molecule has 0 radical (unpaired) electrons. The quantitative estimate of drug-likeness (QED) is 0.492. The van der Waals surface area contributed by atoms with Gasteiger partial charge in [0.05, 0.1) is 0 Å². The molecule has 0 aliphatic rings. The number of hydrogen-bond acceptors (Lipinski definition) is 3. The van der Waals surface area contributed by atoms with E-state index in [9.17, 15) is 0 Å². The largest absolute Gasteiger partial charge is 0.400 e. The minimum absolute atomic E-state index is 0. The van der Waals surface area contributed by atoms with Crippen molar-refractivity contribution in [1.29, 1.82) is 0 Å². The Morgan fingerprint density at radius 1 is 1.00 bits per heavy atom. The molecular weight excluding hydrogens is 173 g/mol. The summed E-state index contributed by atoms with van der Waals surface area (Å²) in [5.41, 5.74) is 0. The molecule has 0 amide bonds. The molecule has 0 saturated heterocycles. The van der Waals surface area contributed by atoms with Crippen LogP contribution < -0.4 is 0 Å². The Balaban J connectivity index is -0.0000000221. The van der Waals surface area contributed by atoms with Crippen LogP contribution in [0.4, 0.5) is 0 Å². The van der Waals surface area contributed by atoms with E-state index < -0.39 is 0 Å². The first kappa shape index (κ1) is 22.7. The van der Waals surface area contributed by atoms with Crippen LogP contribution in [-0.2, 0) is 19.5 Å². The summed E-state index contributed by atoms with van der Waals surface area (Å²) in [4.78, 5) is 0. The normalized spacial score (nSPS) is 4.67. The fraction of sp³-hybridized carbons (Fsp3) is 1.00. The summed E-state index contributed by atoms with van der Waals surface area (Å²) in [6, 6.07) is 0. The third kappa shape index (κ3) is 159. The molecule has 0 bridgehead atoms. The SMILES string of the molecule is CCCO.CO.CO.[Zn]. The van der Waals surface area contributed by atoms with Crippen LogP contribution in [0.15, 0.2) is 0 Å². The van der Waals surface area contributed by atoms with Crippen LogP contribution in [0, 0.1) is 0 Å². The predicted octanol–water partition coefficient (Wildman–Crippen LogP) is -0.397. The smallest absolute Gasteiger partial charge is 0.0428 e. The molecule has 56 valence electrons. The molecule has 0 aliphatic carbocycles. The van der Waals surface area contributed by atoms with Crippen LogP contribution >= 0.6 is 0 Å². The molecule has 0 aromatic carbocycles. The molecule has 0 saturated carbocycles. The van der Waals surface area contributed by atoms with Gasteiger partial charge in [0, 0.05) is 40.3 Å². The second-order valence-electron chi connectivity index (χ2n) is 0.724. The van der Waals surface area contributed by atoms with Crippen molar-refractivity contribution in [3.8, 4) is 0 Å². The van der Waals surface area contributed by atoms with Gasteiger partial charge in [-0.1, -0.05) is 6.92 Å². The van der Waals surface area contributed by atoms with Gasteiger partial charge in [-0.3, -0.25) is 0 Å². The third-order valence-electron chi connectivity index (χ3n) is 0.224. The maximum Gasteiger partial charge on any atom is 0.0428 e. The van der Waals surface area contributed by atoms with Gasteiger partial charge in [0.15, 0.2) is 0 Å². The molecule has 3 nitrogen and oxygen atoms in total. The second-order valence-corrected chi connectivity index (χ2v) is 0.724. The van der Waals surface area contributed by atoms with Crippen LogP contribution in [0.25, 0.3) is 0 Å². The molecule has 0 heterocycles. The second kappa shape index (κ2) is 76.4. The van der Waals surface area contributed by atoms with Crippen molar-refractivity contribution in [2.75, 3.05) is 20.8 Å². The third-order valence-corrected chi connectivity index (χ3v) is 0.224. The van der Waals surface area contributed by atoms with E-state index in [0.29, 0.717) is 6.61 Å². The first-order valence-electron chi connectivity index (χ1n) is 2.42. The summed E-state index contributed by atoms with van der Waals surface area (Å²) in [5.74, 6) is 0. The van der Waals surface area contributed by atoms with Gasteiger partial charge in [-0.05, 0) is 6.42 Å². The molecule has 0 atom stereocenters. The number of hydrogen-bond donors (Lipinski definition) is 3. The molecular formula is C5H16O3Zn. The monoisotopic (exact) mass is 188 g/mol. The van der Waals surface area contributed by atoms with Crippen molar-refractivity contribution < 1.29 is 34.8 Å². The van der Waals surface area contributed by atoms with Gasteiger partial charge in [-0.25, -0.2) is 0 Å². The predicted molar refractivity (Wildman–Crippen MR) is 33.7 cm³/mol. The van der Waals surface area contributed by atoms with Crippen molar-refractivity contribution in [3.05, 3.63) is 0 Å². The number of aliphatic hydroxyl groups excluding tert-OH is 3. The number of rotatable bonds is 1. The van der Waals surface area contributed by atoms with Gasteiger partial charge in [0.1, 0.15) is 0 Å². The van der Waals surface area contributed by atoms with Crippen molar-refractivity contribution >= 4 is 0 Å². The van der Waals surface area contributed by atoms with Gasteiger partial charge < -0.3 is 15.3 Å². The fourth-order valence-electron chi connectivity index (χ4n) is 0. The van der Waals surface area contributed by atoms with E-state index in [4.69, 9.17) is 15.3 Å². The van der Waals surface area contributed by atoms with Crippen molar-refractivity contribution in [3.63, 3.8) is 0 Å². The summed E-state index contributed by atoms with van der Waals surface area (Å²) < 4.78 is 0. The van der Waals surface area contributed by atoms with Crippen LogP contribution in [0.3, 0.4) is 0 Å². The van der Waals surface area contributed by atoms with E-state index in [1.807, 2.05) is 6.92 Å². The van der Waals surface area contributed by atoms with E-state index in [1.165, 1.54) is 0 Å². The Morgan fingerprint density at radius 3 is 1.11 bits per heavy atom. The van der Waals surface area contributed by atoms with Crippen LogP contribution in [0.2, 0.25) is 0 Å². The Kier molecular flexibility index (Phi) is 193. The Labute approximate surface area is 69.5 Å². The standard InChI is InChI=1S/C3H8O.2CH4O.Zn/c1-2-3-4;2*1-2;/h4H,2-3H2,1H3;2*2H,1H3;. The van der Waals surface area contributed by atoms with Crippen molar-refractivity contribution in [2.24, 2.45) is 0 Å². The topological polar surface area (TPSA) is 60.7 Å². The van der Waals surface area contributed by atoms with Gasteiger partial charge in [0.25, 0.3) is 0 Å². The Morgan fingerprint density at radius 2 is 1.11 bits per heavy atom. The van der Waals surface area contributed by atoms with Gasteiger partial charge in [0.2, 0.25) is 0 Å². The number of aliphatic hydroxyl groups is 3. The van der Waals surface area contributed by atoms with E-state index in [1.54, 1.807) is 0 Å². The average molecular weight is 190 g/mol. The zero-order valence-corrected chi connectivity index (χ0v) is 9.43. The van der Waals surface area contributed by atoms with E-state index in [2.05, 4.69) is 0 Å². The summed E-state index contributed by atoms with van der Waals surface area (Å²) in [7, 11) is 2.00. The van der Waals surface area contributed by atoms with Gasteiger partial charge in [-0.15, -0.1) is 0 Å². The molecule has 4 heteroatoms. The zero-order chi connectivity index (χ0) is 7.41. The minimum Gasteiger partial charge on any atom is -0.400 e. The van der Waals surface area contributed by atoms with Gasteiger partial charge in [-0.2, -0.15) is 0 Å². The maximum absolute atomic E-state index is 7.88. The van der Waals surface area contributed by atoms with E-state index in [0.717, 1.165) is 20.6 Å². The molecule has 0 aliphatic heterocycles. The maximum atomic E-state index is 7.88. The summed E-state index contributed by atoms with van der Waals surface area (Å²) >= 11 is 0. The van der Waals surface area contributed by atoms with Crippen LogP contribution in [0.1, 0.15) is 13.3 Å². The first-order valence-corrected chi connectivity index (χ1v) is 2.42. The van der Waals surface area contributed by atoms with Crippen molar-refractivity contribution in [1.82, 2.24) is 0 Å². The van der Waals surface area contributed by atoms with E-state index >= 15 is 0 Å². The fourth-order valence-corrected chi connectivity index (χ4v) is 0. The van der Waals surface area contributed by atoms with E-state index in [-0.39, 0.29) is 19.5 Å². The Hall–Kier alpha value is 0.503. The summed E-state index contributed by atoms with van der Waals surface area (Å²) in [6.07, 6.45) is 0.875. The molecule has 0 aromatic rings. The summed E-state index contributed by atoms with van der Waals surface area (Å²) in [5, 5.41) is 21.9. The molecule has 3 N–H and O–H groups in total. The van der Waals surface area contributed by atoms with Crippen molar-refractivity contribution in [2.45, 2.75) is 13.3 Å². The molecule has 0 spiro atoms. The summed E-state index contributed by atoms with van der Waals surface area (Å²) in [6.45, 7) is 2.25. The van der Waals surface area contributed by atoms with Crippen LogP contribution in [-0.4, -0.2) is 36.1 Å². The average Bonchev–Trinajstić information content (AvgIpc) is 1.96.